The van der Waals surface area contributed by atoms with Gasteiger partial charge in [0.2, 0.25) is 0 Å². The fourth-order valence-corrected chi connectivity index (χ4v) is 2.57. The second kappa shape index (κ2) is 7.03. The summed E-state index contributed by atoms with van der Waals surface area (Å²) in [5, 5.41) is 0. The van der Waals surface area contributed by atoms with E-state index >= 15 is 0 Å². The zero-order chi connectivity index (χ0) is 16.1. The molecule has 1 aliphatic heterocycles. The minimum Gasteiger partial charge on any atom is -0.353 e. The fourth-order valence-electron chi connectivity index (χ4n) is 1.59. The first-order valence-electron chi connectivity index (χ1n) is 6.86. The summed E-state index contributed by atoms with van der Waals surface area (Å²) in [6.07, 6.45) is 8.42. The van der Waals surface area contributed by atoms with Gasteiger partial charge in [0, 0.05) is 12.9 Å². The lowest BCUT2D eigenvalue weighted by molar-refractivity contribution is -0.197. The quantitative estimate of drug-likeness (QED) is 0.706. The minimum atomic E-state index is -3.19. The van der Waals surface area contributed by atoms with Gasteiger partial charge in [-0.2, -0.15) is 0 Å². The van der Waals surface area contributed by atoms with Crippen LogP contribution in [-0.4, -0.2) is 47.2 Å². The Hall–Kier alpha value is -0.710. The van der Waals surface area contributed by atoms with E-state index in [9.17, 15) is 13.0 Å². The Labute approximate surface area is 125 Å². The van der Waals surface area contributed by atoms with Crippen LogP contribution in [-0.2, 0) is 19.2 Å². The average molecular weight is 323 g/mol. The molecule has 0 spiro atoms. The van der Waals surface area contributed by atoms with Gasteiger partial charge in [-0.1, -0.05) is 5.92 Å². The summed E-state index contributed by atoms with van der Waals surface area (Å²) in [5.41, 5.74) is 0. The zero-order valence-electron chi connectivity index (χ0n) is 12.7. The molecule has 0 aromatic heterocycles. The molecule has 21 heavy (non-hydrogen) atoms. The highest BCUT2D eigenvalue weighted by Gasteiger charge is 2.33. The number of hydrogen-bond donors (Lipinski definition) is 0. The molecule has 7 heteroatoms. The Bertz CT molecular complexity index is 499. The smallest absolute Gasteiger partial charge is 0.290 e. The van der Waals surface area contributed by atoms with Crippen molar-refractivity contribution in [3.63, 3.8) is 0 Å². The van der Waals surface area contributed by atoms with Gasteiger partial charge in [0.05, 0.1) is 9.73 Å². The van der Waals surface area contributed by atoms with E-state index in [1.807, 2.05) is 0 Å². The van der Waals surface area contributed by atoms with Crippen LogP contribution in [0.15, 0.2) is 4.36 Å². The Morgan fingerprint density at radius 3 is 2.67 bits per heavy atom. The normalized spacial score (nSPS) is 23.1. The molecule has 4 nitrogen and oxygen atoms in total. The molecule has 1 saturated heterocycles. The monoisotopic (exact) mass is 323 g/mol. The standard InChI is InChI=1S/C14H23F2NO3S/c1-5-13(2,3)21(4,18)17-10-14(15,16)11-20-12-8-6-7-9-19-12/h1,12H,6-11H2,2-4H3. The van der Waals surface area contributed by atoms with E-state index in [0.29, 0.717) is 13.0 Å². The summed E-state index contributed by atoms with van der Waals surface area (Å²) in [4.78, 5) is 0. The zero-order valence-corrected chi connectivity index (χ0v) is 13.5. The lowest BCUT2D eigenvalue weighted by atomic mass is 10.2. The van der Waals surface area contributed by atoms with Gasteiger partial charge >= 0.3 is 0 Å². The van der Waals surface area contributed by atoms with E-state index in [4.69, 9.17) is 15.9 Å². The van der Waals surface area contributed by atoms with E-state index in [1.165, 1.54) is 6.26 Å². The van der Waals surface area contributed by atoms with Gasteiger partial charge in [0.25, 0.3) is 5.92 Å². The van der Waals surface area contributed by atoms with Crippen molar-refractivity contribution in [2.45, 2.75) is 50.1 Å². The Morgan fingerprint density at radius 2 is 2.14 bits per heavy atom. The molecule has 0 aromatic rings. The van der Waals surface area contributed by atoms with Gasteiger partial charge in [-0.15, -0.1) is 6.42 Å². The van der Waals surface area contributed by atoms with Crippen molar-refractivity contribution in [3.8, 4) is 12.3 Å². The molecule has 1 fully saturated rings. The van der Waals surface area contributed by atoms with Crippen molar-refractivity contribution in [1.82, 2.24) is 0 Å². The van der Waals surface area contributed by atoms with Gasteiger partial charge < -0.3 is 9.47 Å². The van der Waals surface area contributed by atoms with Crippen LogP contribution in [0, 0.1) is 12.3 Å². The third-order valence-corrected chi connectivity index (χ3v) is 6.09. The van der Waals surface area contributed by atoms with Crippen molar-refractivity contribution in [2.75, 3.05) is 26.0 Å². The molecule has 0 amide bonds. The van der Waals surface area contributed by atoms with Gasteiger partial charge in [0.15, 0.2) is 6.29 Å². The van der Waals surface area contributed by atoms with Crippen molar-refractivity contribution in [1.29, 1.82) is 0 Å². The predicted octanol–water partition coefficient (Wildman–Crippen LogP) is 2.67. The van der Waals surface area contributed by atoms with E-state index in [2.05, 4.69) is 10.3 Å². The molecule has 0 bridgehead atoms. The molecule has 0 radical (unpaired) electrons. The number of hydrogen-bond acceptors (Lipinski definition) is 4. The van der Waals surface area contributed by atoms with Gasteiger partial charge in [-0.25, -0.2) is 17.4 Å². The third kappa shape index (κ3) is 5.53. The number of alkyl halides is 2. The Balaban J connectivity index is 2.59. The minimum absolute atomic E-state index is 0.528. The first-order chi connectivity index (χ1) is 9.60. The summed E-state index contributed by atoms with van der Waals surface area (Å²) in [5.74, 6) is -0.854. The number of nitrogens with zero attached hydrogens (tertiary/aromatic N) is 1. The van der Waals surface area contributed by atoms with Crippen LogP contribution >= 0.6 is 0 Å². The molecular weight excluding hydrogens is 300 g/mol. The van der Waals surface area contributed by atoms with Crippen molar-refractivity contribution in [2.24, 2.45) is 4.36 Å². The molecule has 0 N–H and O–H groups in total. The molecular formula is C14H23F2NO3S. The van der Waals surface area contributed by atoms with Crippen LogP contribution in [0.1, 0.15) is 33.1 Å². The topological polar surface area (TPSA) is 47.9 Å². The Morgan fingerprint density at radius 1 is 1.48 bits per heavy atom. The van der Waals surface area contributed by atoms with Crippen LogP contribution in [0.5, 0.6) is 0 Å². The maximum absolute atomic E-state index is 13.7. The van der Waals surface area contributed by atoms with E-state index < -0.39 is 39.8 Å². The number of ether oxygens (including phenoxy) is 2. The van der Waals surface area contributed by atoms with E-state index in [1.54, 1.807) is 13.8 Å². The Kier molecular flexibility index (Phi) is 6.14. The molecule has 1 aliphatic rings. The van der Waals surface area contributed by atoms with Crippen LogP contribution in [0.25, 0.3) is 0 Å². The summed E-state index contributed by atoms with van der Waals surface area (Å²) < 4.78 is 52.7. The summed E-state index contributed by atoms with van der Waals surface area (Å²) in [6, 6.07) is 0. The lowest BCUT2D eigenvalue weighted by Gasteiger charge is -2.25. The third-order valence-electron chi connectivity index (χ3n) is 3.45. The second-order valence-corrected chi connectivity index (χ2v) is 8.59. The summed E-state index contributed by atoms with van der Waals surface area (Å²) >= 11 is 0. The number of rotatable bonds is 6. The maximum atomic E-state index is 13.7. The second-order valence-electron chi connectivity index (χ2n) is 5.71. The van der Waals surface area contributed by atoms with Crippen molar-refractivity contribution < 1.29 is 22.5 Å². The van der Waals surface area contributed by atoms with Gasteiger partial charge in [-0.05, 0) is 33.1 Å². The highest BCUT2D eigenvalue weighted by molar-refractivity contribution is 7.94. The molecule has 0 aromatic carbocycles. The van der Waals surface area contributed by atoms with E-state index in [0.717, 1.165) is 12.8 Å². The average Bonchev–Trinajstić information content (AvgIpc) is 2.44. The predicted molar refractivity (Wildman–Crippen MR) is 78.8 cm³/mol. The summed E-state index contributed by atoms with van der Waals surface area (Å²) in [6.45, 7) is 1.94. The van der Waals surface area contributed by atoms with Crippen LogP contribution < -0.4 is 0 Å². The van der Waals surface area contributed by atoms with E-state index in [-0.39, 0.29) is 0 Å². The fraction of sp³-hybridized carbons (Fsp3) is 0.857. The maximum Gasteiger partial charge on any atom is 0.290 e. The van der Waals surface area contributed by atoms with Crippen LogP contribution in [0.3, 0.4) is 0 Å². The lowest BCUT2D eigenvalue weighted by Crippen LogP contribution is -2.34. The highest BCUT2D eigenvalue weighted by atomic mass is 32.2. The molecule has 0 saturated carbocycles. The molecule has 1 heterocycles. The van der Waals surface area contributed by atoms with Gasteiger partial charge in [0.1, 0.15) is 17.9 Å². The van der Waals surface area contributed by atoms with Crippen molar-refractivity contribution in [3.05, 3.63) is 0 Å². The molecule has 2 atom stereocenters. The SMILES string of the molecule is C#CC(C)(C)S(C)(=O)=NCC(F)(F)COC1CCCCO1. The molecule has 2 unspecified atom stereocenters. The largest absolute Gasteiger partial charge is 0.353 e. The molecule has 122 valence electrons. The first kappa shape index (κ1) is 18.3. The molecule has 0 aliphatic carbocycles. The van der Waals surface area contributed by atoms with Gasteiger partial charge in [-0.3, -0.25) is 0 Å². The van der Waals surface area contributed by atoms with Crippen molar-refractivity contribution >= 4 is 9.73 Å². The van der Waals surface area contributed by atoms with Crippen LogP contribution in [0.2, 0.25) is 0 Å². The molecule has 1 rings (SSSR count). The number of halogens is 2. The van der Waals surface area contributed by atoms with Crippen LogP contribution in [0.4, 0.5) is 8.78 Å². The highest BCUT2D eigenvalue weighted by Crippen LogP contribution is 2.22. The number of terminal acetylenes is 1. The first-order valence-corrected chi connectivity index (χ1v) is 8.78. The summed E-state index contributed by atoms with van der Waals surface area (Å²) in [7, 11) is -2.91.